The molecule has 5 nitrogen and oxygen atoms in total. The highest BCUT2D eigenvalue weighted by molar-refractivity contribution is 6.46. The van der Waals surface area contributed by atoms with Gasteiger partial charge in [0, 0.05) is 18.7 Å². The first-order chi connectivity index (χ1) is 14.4. The van der Waals surface area contributed by atoms with Crippen LogP contribution < -0.4 is 0 Å². The Kier molecular flexibility index (Phi) is 5.48. The number of hydrogen-bond acceptors (Lipinski definition) is 4. The van der Waals surface area contributed by atoms with Gasteiger partial charge < -0.3 is 14.7 Å². The second kappa shape index (κ2) is 8.07. The molecule has 2 aliphatic rings. The van der Waals surface area contributed by atoms with Crippen LogP contribution in [0, 0.1) is 20.8 Å². The minimum absolute atomic E-state index is 0.0875. The van der Waals surface area contributed by atoms with Gasteiger partial charge in [0.25, 0.3) is 11.7 Å². The summed E-state index contributed by atoms with van der Waals surface area (Å²) in [6, 6.07) is 12.8. The van der Waals surface area contributed by atoms with Crippen LogP contribution in [0.15, 0.2) is 48.0 Å². The Labute approximate surface area is 177 Å². The van der Waals surface area contributed by atoms with Crippen LogP contribution in [-0.4, -0.2) is 41.0 Å². The highest BCUT2D eigenvalue weighted by atomic mass is 16.5. The first-order valence-electron chi connectivity index (χ1n) is 10.4. The van der Waals surface area contributed by atoms with Crippen LogP contribution in [-0.2, 0) is 14.3 Å². The molecule has 2 unspecified atom stereocenters. The molecule has 0 spiro atoms. The number of ketones is 1. The molecule has 0 bridgehead atoms. The summed E-state index contributed by atoms with van der Waals surface area (Å²) in [7, 11) is 0. The zero-order valence-corrected chi connectivity index (χ0v) is 17.6. The fraction of sp³-hybridized carbons (Fsp3) is 0.360. The van der Waals surface area contributed by atoms with Gasteiger partial charge in [-0.05, 0) is 56.4 Å². The fourth-order valence-electron chi connectivity index (χ4n) is 4.43. The SMILES string of the molecule is Cc1ccc(C)c(/C(O)=C2\C(=O)C(=O)N(CC3CCCO3)C2c2ccccc2C)c1. The predicted molar refractivity (Wildman–Crippen MR) is 115 cm³/mol. The number of Topliss-reactive ketones (excluding diaryl/α,β-unsaturated/α-hetero) is 1. The van der Waals surface area contributed by atoms with Crippen molar-refractivity contribution in [3.05, 3.63) is 75.9 Å². The van der Waals surface area contributed by atoms with Crippen molar-refractivity contribution in [3.63, 3.8) is 0 Å². The maximum Gasteiger partial charge on any atom is 0.295 e. The Morgan fingerprint density at radius 1 is 1.10 bits per heavy atom. The van der Waals surface area contributed by atoms with Gasteiger partial charge in [0.05, 0.1) is 17.7 Å². The molecular formula is C25H27NO4. The zero-order valence-electron chi connectivity index (χ0n) is 17.6. The quantitative estimate of drug-likeness (QED) is 0.470. The van der Waals surface area contributed by atoms with Gasteiger partial charge in [0.15, 0.2) is 0 Å². The molecule has 2 aromatic carbocycles. The average molecular weight is 405 g/mol. The molecule has 1 N–H and O–H groups in total. The van der Waals surface area contributed by atoms with Crippen molar-refractivity contribution in [1.82, 2.24) is 4.90 Å². The van der Waals surface area contributed by atoms with Crippen molar-refractivity contribution in [2.75, 3.05) is 13.2 Å². The summed E-state index contributed by atoms with van der Waals surface area (Å²) in [6.45, 7) is 6.80. The van der Waals surface area contributed by atoms with E-state index in [0.717, 1.165) is 35.1 Å². The van der Waals surface area contributed by atoms with E-state index in [1.54, 1.807) is 4.90 Å². The van der Waals surface area contributed by atoms with E-state index < -0.39 is 17.7 Å². The number of aliphatic hydroxyl groups excluding tert-OH is 1. The molecule has 2 heterocycles. The third-order valence-electron chi connectivity index (χ3n) is 6.10. The first-order valence-corrected chi connectivity index (χ1v) is 10.4. The molecule has 2 saturated heterocycles. The van der Waals surface area contributed by atoms with E-state index in [1.165, 1.54) is 0 Å². The van der Waals surface area contributed by atoms with Crippen molar-refractivity contribution in [2.24, 2.45) is 0 Å². The molecule has 4 rings (SSSR count). The van der Waals surface area contributed by atoms with Gasteiger partial charge in [-0.3, -0.25) is 9.59 Å². The molecular weight excluding hydrogens is 378 g/mol. The van der Waals surface area contributed by atoms with Crippen LogP contribution in [0.5, 0.6) is 0 Å². The van der Waals surface area contributed by atoms with Crippen molar-refractivity contribution >= 4 is 17.4 Å². The van der Waals surface area contributed by atoms with E-state index in [1.807, 2.05) is 63.2 Å². The van der Waals surface area contributed by atoms with Crippen LogP contribution in [0.25, 0.3) is 5.76 Å². The Morgan fingerprint density at radius 2 is 1.87 bits per heavy atom. The zero-order chi connectivity index (χ0) is 21.4. The number of likely N-dealkylation sites (tertiary alicyclic amines) is 1. The second-order valence-corrected chi connectivity index (χ2v) is 8.26. The van der Waals surface area contributed by atoms with Crippen molar-refractivity contribution in [2.45, 2.75) is 45.8 Å². The molecule has 5 heteroatoms. The summed E-state index contributed by atoms with van der Waals surface area (Å²) >= 11 is 0. The number of nitrogens with zero attached hydrogens (tertiary/aromatic N) is 1. The average Bonchev–Trinajstić information content (AvgIpc) is 3.32. The number of carbonyl (C=O) groups is 2. The highest BCUT2D eigenvalue weighted by Crippen LogP contribution is 2.41. The number of carbonyl (C=O) groups excluding carboxylic acids is 2. The molecule has 2 aliphatic heterocycles. The van der Waals surface area contributed by atoms with Crippen LogP contribution in [0.4, 0.5) is 0 Å². The number of benzene rings is 2. The largest absolute Gasteiger partial charge is 0.507 e. The molecule has 30 heavy (non-hydrogen) atoms. The number of aliphatic hydroxyl groups is 1. The lowest BCUT2D eigenvalue weighted by Gasteiger charge is -2.28. The van der Waals surface area contributed by atoms with Gasteiger partial charge in [0.1, 0.15) is 5.76 Å². The van der Waals surface area contributed by atoms with Gasteiger partial charge in [0.2, 0.25) is 0 Å². The molecule has 0 aromatic heterocycles. The van der Waals surface area contributed by atoms with Crippen LogP contribution in [0.3, 0.4) is 0 Å². The van der Waals surface area contributed by atoms with Crippen LogP contribution in [0.1, 0.15) is 46.7 Å². The normalized spacial score (nSPS) is 23.4. The van der Waals surface area contributed by atoms with E-state index in [0.29, 0.717) is 18.7 Å². The molecule has 0 aliphatic carbocycles. The van der Waals surface area contributed by atoms with E-state index in [9.17, 15) is 14.7 Å². The first kappa shape index (κ1) is 20.4. The smallest absolute Gasteiger partial charge is 0.295 e. The summed E-state index contributed by atoms with van der Waals surface area (Å²) in [6.07, 6.45) is 1.72. The third-order valence-corrected chi connectivity index (χ3v) is 6.10. The lowest BCUT2D eigenvalue weighted by atomic mass is 9.91. The number of hydrogen-bond donors (Lipinski definition) is 1. The molecule has 2 atom stereocenters. The second-order valence-electron chi connectivity index (χ2n) is 8.26. The lowest BCUT2D eigenvalue weighted by molar-refractivity contribution is -0.140. The van der Waals surface area contributed by atoms with E-state index >= 15 is 0 Å². The van der Waals surface area contributed by atoms with Gasteiger partial charge in [-0.15, -0.1) is 0 Å². The van der Waals surface area contributed by atoms with Crippen LogP contribution in [0.2, 0.25) is 0 Å². The van der Waals surface area contributed by atoms with Gasteiger partial charge in [-0.2, -0.15) is 0 Å². The van der Waals surface area contributed by atoms with Gasteiger partial charge in [-0.1, -0.05) is 42.0 Å². The van der Waals surface area contributed by atoms with E-state index in [4.69, 9.17) is 4.74 Å². The molecule has 1 amide bonds. The Bertz CT molecular complexity index is 1030. The van der Waals surface area contributed by atoms with Crippen molar-refractivity contribution < 1.29 is 19.4 Å². The summed E-state index contributed by atoms with van der Waals surface area (Å²) < 4.78 is 5.74. The third kappa shape index (κ3) is 3.54. The molecule has 2 aromatic rings. The summed E-state index contributed by atoms with van der Waals surface area (Å²) in [5.41, 5.74) is 4.38. The number of aryl methyl sites for hydroxylation is 3. The number of ether oxygens (including phenoxy) is 1. The minimum Gasteiger partial charge on any atom is -0.507 e. The van der Waals surface area contributed by atoms with Crippen LogP contribution >= 0.6 is 0 Å². The molecule has 0 saturated carbocycles. The standard InChI is InChI=1S/C25H27NO4/c1-15-10-11-17(3)20(13-15)23(27)21-22(19-9-5-4-7-16(19)2)26(25(29)24(21)28)14-18-8-6-12-30-18/h4-5,7,9-11,13,18,22,27H,6,8,12,14H2,1-3H3/b23-21+. The van der Waals surface area contributed by atoms with Crippen molar-refractivity contribution in [3.8, 4) is 0 Å². The molecule has 156 valence electrons. The molecule has 0 radical (unpaired) electrons. The summed E-state index contributed by atoms with van der Waals surface area (Å²) in [5, 5.41) is 11.3. The monoisotopic (exact) mass is 405 g/mol. The minimum atomic E-state index is -0.639. The maximum absolute atomic E-state index is 13.1. The van der Waals surface area contributed by atoms with Crippen molar-refractivity contribution in [1.29, 1.82) is 0 Å². The summed E-state index contributed by atoms with van der Waals surface area (Å²) in [5.74, 6) is -1.33. The maximum atomic E-state index is 13.1. The van der Waals surface area contributed by atoms with E-state index in [-0.39, 0.29) is 17.4 Å². The van der Waals surface area contributed by atoms with E-state index in [2.05, 4.69) is 0 Å². The highest BCUT2D eigenvalue weighted by Gasteiger charge is 2.47. The predicted octanol–water partition coefficient (Wildman–Crippen LogP) is 4.21. The Balaban J connectivity index is 1.88. The Hall–Kier alpha value is -2.92. The fourth-order valence-corrected chi connectivity index (χ4v) is 4.43. The lowest BCUT2D eigenvalue weighted by Crippen LogP contribution is -2.36. The topological polar surface area (TPSA) is 66.8 Å². The van der Waals surface area contributed by atoms with Gasteiger partial charge in [-0.25, -0.2) is 0 Å². The Morgan fingerprint density at radius 3 is 2.57 bits per heavy atom. The number of amides is 1. The van der Waals surface area contributed by atoms with Gasteiger partial charge >= 0.3 is 0 Å². The number of rotatable bonds is 4. The molecule has 2 fully saturated rings. The summed E-state index contributed by atoms with van der Waals surface area (Å²) in [4.78, 5) is 27.8.